The molecule has 4 rings (SSSR count). The van der Waals surface area contributed by atoms with Crippen LogP contribution in [0.5, 0.6) is 11.5 Å². The van der Waals surface area contributed by atoms with E-state index in [2.05, 4.69) is 31.1 Å². The van der Waals surface area contributed by atoms with Crippen LogP contribution in [0.4, 0.5) is 23.0 Å². The Morgan fingerprint density at radius 2 is 1.52 bits per heavy atom. The van der Waals surface area contributed by atoms with Crippen molar-refractivity contribution in [1.29, 1.82) is 0 Å². The van der Waals surface area contributed by atoms with E-state index >= 15 is 0 Å². The van der Waals surface area contributed by atoms with Gasteiger partial charge in [0.2, 0.25) is 0 Å². The number of pyridine rings is 1. The van der Waals surface area contributed by atoms with Gasteiger partial charge >= 0.3 is 0 Å². The van der Waals surface area contributed by atoms with Crippen LogP contribution in [0.25, 0.3) is 0 Å². The predicted octanol–water partition coefficient (Wildman–Crippen LogP) is 3.75. The van der Waals surface area contributed by atoms with Crippen LogP contribution in [0, 0.1) is 0 Å². The zero-order valence-electron chi connectivity index (χ0n) is 16.3. The standard InChI is InChI=1S/C22H19N7O2/c23-19-20(25-14-26-21(19)28-29-22(30)18-8-4-5-13-24-18)27-15-9-11-17(12-10-15)31-16-6-2-1-3-7-16/h1-14H,23H2,(H,29,30)(H2,25,26,27,28). The van der Waals surface area contributed by atoms with Gasteiger partial charge in [0.15, 0.2) is 11.6 Å². The zero-order valence-corrected chi connectivity index (χ0v) is 16.3. The number of ether oxygens (including phenoxy) is 1. The highest BCUT2D eigenvalue weighted by atomic mass is 16.5. The summed E-state index contributed by atoms with van der Waals surface area (Å²) < 4.78 is 5.78. The highest BCUT2D eigenvalue weighted by molar-refractivity contribution is 5.93. The van der Waals surface area contributed by atoms with Gasteiger partial charge in [0, 0.05) is 11.9 Å². The molecule has 2 heterocycles. The Bertz CT molecular complexity index is 1150. The summed E-state index contributed by atoms with van der Waals surface area (Å²) in [5, 5.41) is 3.13. The van der Waals surface area contributed by atoms with Gasteiger partial charge in [-0.05, 0) is 48.5 Å². The van der Waals surface area contributed by atoms with Crippen molar-refractivity contribution in [3.8, 4) is 11.5 Å². The molecule has 9 heteroatoms. The van der Waals surface area contributed by atoms with Gasteiger partial charge < -0.3 is 15.8 Å². The largest absolute Gasteiger partial charge is 0.457 e. The summed E-state index contributed by atoms with van der Waals surface area (Å²) in [6, 6.07) is 21.9. The van der Waals surface area contributed by atoms with Gasteiger partial charge in [0.25, 0.3) is 5.91 Å². The molecule has 4 aromatic rings. The number of aromatic nitrogens is 3. The van der Waals surface area contributed by atoms with E-state index in [1.165, 1.54) is 12.5 Å². The van der Waals surface area contributed by atoms with Crippen LogP contribution in [0.1, 0.15) is 10.5 Å². The van der Waals surface area contributed by atoms with Crippen LogP contribution in [-0.4, -0.2) is 20.9 Å². The molecule has 5 N–H and O–H groups in total. The number of carbonyl (C=O) groups excluding carboxylic acids is 1. The molecule has 9 nitrogen and oxygen atoms in total. The Morgan fingerprint density at radius 1 is 0.806 bits per heavy atom. The minimum absolute atomic E-state index is 0.244. The number of rotatable bonds is 7. The maximum atomic E-state index is 12.1. The van der Waals surface area contributed by atoms with E-state index in [9.17, 15) is 4.79 Å². The fourth-order valence-corrected chi connectivity index (χ4v) is 2.64. The summed E-state index contributed by atoms with van der Waals surface area (Å²) >= 11 is 0. The first-order valence-electron chi connectivity index (χ1n) is 9.37. The molecular formula is C22H19N7O2. The van der Waals surface area contributed by atoms with Crippen molar-refractivity contribution in [3.63, 3.8) is 0 Å². The second kappa shape index (κ2) is 9.23. The summed E-state index contributed by atoms with van der Waals surface area (Å²) in [6.07, 6.45) is 2.87. The molecule has 0 aliphatic rings. The molecular weight excluding hydrogens is 394 g/mol. The fraction of sp³-hybridized carbons (Fsp3) is 0. The number of nitrogens with two attached hydrogens (primary N) is 1. The molecule has 2 aromatic heterocycles. The molecule has 0 atom stereocenters. The number of nitrogen functional groups attached to an aromatic ring is 1. The smallest absolute Gasteiger partial charge is 0.288 e. The van der Waals surface area contributed by atoms with Crippen LogP contribution in [0.3, 0.4) is 0 Å². The number of nitrogens with one attached hydrogen (secondary N) is 3. The van der Waals surface area contributed by atoms with Gasteiger partial charge in [-0.1, -0.05) is 24.3 Å². The van der Waals surface area contributed by atoms with Crippen molar-refractivity contribution < 1.29 is 9.53 Å². The molecule has 1 amide bonds. The molecule has 0 bridgehead atoms. The number of hydrogen-bond acceptors (Lipinski definition) is 8. The van der Waals surface area contributed by atoms with E-state index in [0.717, 1.165) is 11.4 Å². The van der Waals surface area contributed by atoms with E-state index in [4.69, 9.17) is 10.5 Å². The highest BCUT2D eigenvalue weighted by Gasteiger charge is 2.11. The van der Waals surface area contributed by atoms with Gasteiger partial charge in [-0.15, -0.1) is 0 Å². The second-order valence-corrected chi connectivity index (χ2v) is 6.34. The molecule has 2 aromatic carbocycles. The van der Waals surface area contributed by atoms with E-state index in [0.29, 0.717) is 11.6 Å². The van der Waals surface area contributed by atoms with E-state index in [1.54, 1.807) is 18.2 Å². The number of para-hydroxylation sites is 1. The topological polar surface area (TPSA) is 127 Å². The molecule has 0 spiro atoms. The normalized spacial score (nSPS) is 10.2. The van der Waals surface area contributed by atoms with Crippen LogP contribution < -0.4 is 26.6 Å². The predicted molar refractivity (Wildman–Crippen MR) is 118 cm³/mol. The van der Waals surface area contributed by atoms with Gasteiger partial charge in [0.05, 0.1) is 0 Å². The van der Waals surface area contributed by atoms with Gasteiger partial charge in [-0.2, -0.15) is 0 Å². The Kier molecular flexibility index (Phi) is 5.85. The lowest BCUT2D eigenvalue weighted by Crippen LogP contribution is -2.31. The van der Waals surface area contributed by atoms with Crippen LogP contribution in [0.15, 0.2) is 85.3 Å². The average molecular weight is 413 g/mol. The number of amides is 1. The first-order valence-corrected chi connectivity index (χ1v) is 9.37. The highest BCUT2D eigenvalue weighted by Crippen LogP contribution is 2.27. The Morgan fingerprint density at radius 3 is 2.26 bits per heavy atom. The monoisotopic (exact) mass is 413 g/mol. The van der Waals surface area contributed by atoms with Crippen LogP contribution in [-0.2, 0) is 0 Å². The third-order valence-electron chi connectivity index (χ3n) is 4.17. The molecule has 154 valence electrons. The quantitative estimate of drug-likeness (QED) is 0.337. The van der Waals surface area contributed by atoms with Crippen molar-refractivity contribution in [2.45, 2.75) is 0 Å². The lowest BCUT2D eigenvalue weighted by Gasteiger charge is -2.13. The third-order valence-corrected chi connectivity index (χ3v) is 4.17. The molecule has 0 aliphatic heterocycles. The average Bonchev–Trinajstić information content (AvgIpc) is 2.82. The first-order chi connectivity index (χ1) is 15.2. The van der Waals surface area contributed by atoms with E-state index < -0.39 is 5.91 Å². The van der Waals surface area contributed by atoms with Crippen LogP contribution in [0.2, 0.25) is 0 Å². The molecule has 31 heavy (non-hydrogen) atoms. The van der Waals surface area contributed by atoms with Crippen molar-refractivity contribution >= 4 is 28.9 Å². The summed E-state index contributed by atoms with van der Waals surface area (Å²) in [7, 11) is 0. The maximum absolute atomic E-state index is 12.1. The molecule has 0 radical (unpaired) electrons. The second-order valence-electron chi connectivity index (χ2n) is 6.34. The number of hydrogen-bond donors (Lipinski definition) is 4. The van der Waals surface area contributed by atoms with Gasteiger partial charge in [-0.3, -0.25) is 20.6 Å². The number of hydrazine groups is 1. The molecule has 0 aliphatic carbocycles. The summed E-state index contributed by atoms with van der Waals surface area (Å²) in [5.41, 5.74) is 12.6. The minimum atomic E-state index is -0.415. The molecule has 0 fully saturated rings. The lowest BCUT2D eigenvalue weighted by atomic mass is 10.3. The number of anilines is 4. The third kappa shape index (κ3) is 5.04. The number of nitrogens with zero attached hydrogens (tertiary/aromatic N) is 3. The summed E-state index contributed by atoms with van der Waals surface area (Å²) in [4.78, 5) is 24.3. The van der Waals surface area contributed by atoms with Crippen molar-refractivity contribution in [2.24, 2.45) is 0 Å². The van der Waals surface area contributed by atoms with E-state index in [-0.39, 0.29) is 17.2 Å². The molecule has 0 saturated heterocycles. The van der Waals surface area contributed by atoms with Crippen molar-refractivity contribution in [1.82, 2.24) is 20.4 Å². The van der Waals surface area contributed by atoms with Crippen LogP contribution >= 0.6 is 0 Å². The summed E-state index contributed by atoms with van der Waals surface area (Å²) in [5.74, 6) is 1.69. The Labute approximate surface area is 178 Å². The molecule has 0 unspecified atom stereocenters. The number of benzene rings is 2. The fourth-order valence-electron chi connectivity index (χ4n) is 2.64. The Hall–Kier alpha value is -4.66. The van der Waals surface area contributed by atoms with Crippen molar-refractivity contribution in [2.75, 3.05) is 16.5 Å². The van der Waals surface area contributed by atoms with Crippen molar-refractivity contribution in [3.05, 3.63) is 91.0 Å². The lowest BCUT2D eigenvalue weighted by molar-refractivity contribution is 0.0957. The van der Waals surface area contributed by atoms with E-state index in [1.807, 2.05) is 54.6 Å². The zero-order chi connectivity index (χ0) is 21.5. The first kappa shape index (κ1) is 19.6. The minimum Gasteiger partial charge on any atom is -0.457 e. The summed E-state index contributed by atoms with van der Waals surface area (Å²) in [6.45, 7) is 0. The van der Waals surface area contributed by atoms with Gasteiger partial charge in [-0.25, -0.2) is 9.97 Å². The van der Waals surface area contributed by atoms with Gasteiger partial charge in [0.1, 0.15) is 29.2 Å². The SMILES string of the molecule is Nc1c(NNC(=O)c2ccccn2)ncnc1Nc1ccc(Oc2ccccc2)cc1. The number of carbonyl (C=O) groups is 1. The Balaban J connectivity index is 1.40. The maximum Gasteiger partial charge on any atom is 0.288 e. The molecule has 0 saturated carbocycles.